The van der Waals surface area contributed by atoms with E-state index in [1.54, 1.807) is 7.11 Å². The van der Waals surface area contributed by atoms with Crippen molar-refractivity contribution < 1.29 is 4.74 Å². The molecule has 0 radical (unpaired) electrons. The van der Waals surface area contributed by atoms with Crippen molar-refractivity contribution in [2.75, 3.05) is 46.4 Å². The Labute approximate surface area is 105 Å². The van der Waals surface area contributed by atoms with Crippen molar-refractivity contribution in [2.24, 2.45) is 5.73 Å². The molecule has 2 atom stereocenters. The summed E-state index contributed by atoms with van der Waals surface area (Å²) in [7, 11) is 1.77. The Bertz CT molecular complexity index is 243. The molecule has 4 nitrogen and oxygen atoms in total. The molecule has 2 fully saturated rings. The van der Waals surface area contributed by atoms with Gasteiger partial charge in [-0.3, -0.25) is 9.80 Å². The molecule has 4 heteroatoms. The average Bonchev–Trinajstić information content (AvgIpc) is 2.99. The number of nitrogens with two attached hydrogens (primary N) is 1. The summed E-state index contributed by atoms with van der Waals surface area (Å²) in [5.41, 5.74) is 5.95. The van der Waals surface area contributed by atoms with Crippen LogP contribution in [-0.2, 0) is 4.74 Å². The molecule has 2 heterocycles. The molecule has 100 valence electrons. The van der Waals surface area contributed by atoms with Crippen LogP contribution in [0.2, 0.25) is 0 Å². The highest BCUT2D eigenvalue weighted by Crippen LogP contribution is 2.26. The van der Waals surface area contributed by atoms with Gasteiger partial charge < -0.3 is 10.5 Å². The molecule has 0 aromatic carbocycles. The lowest BCUT2D eigenvalue weighted by molar-refractivity contribution is 0.0377. The topological polar surface area (TPSA) is 41.7 Å². The molecule has 17 heavy (non-hydrogen) atoms. The number of nitrogens with zero attached hydrogens (tertiary/aromatic N) is 2. The van der Waals surface area contributed by atoms with Crippen LogP contribution in [0.15, 0.2) is 0 Å². The van der Waals surface area contributed by atoms with Gasteiger partial charge in [-0.05, 0) is 39.3 Å². The first-order valence-electron chi connectivity index (χ1n) is 6.88. The Balaban J connectivity index is 1.91. The van der Waals surface area contributed by atoms with Crippen LogP contribution in [0.25, 0.3) is 0 Å². The molecule has 2 saturated heterocycles. The van der Waals surface area contributed by atoms with E-state index in [9.17, 15) is 0 Å². The van der Waals surface area contributed by atoms with E-state index in [0.717, 1.165) is 25.7 Å². The number of rotatable bonds is 5. The Morgan fingerprint density at radius 2 is 2.00 bits per heavy atom. The summed E-state index contributed by atoms with van der Waals surface area (Å²) in [6, 6.07) is 0.750. The molecule has 0 bridgehead atoms. The first kappa shape index (κ1) is 13.3. The zero-order chi connectivity index (χ0) is 12.3. The third-order valence-corrected chi connectivity index (χ3v) is 4.48. The van der Waals surface area contributed by atoms with Gasteiger partial charge in [0.2, 0.25) is 0 Å². The van der Waals surface area contributed by atoms with E-state index in [1.807, 2.05) is 0 Å². The number of methoxy groups -OCH3 is 1. The molecule has 2 aliphatic rings. The van der Waals surface area contributed by atoms with Crippen LogP contribution in [0.3, 0.4) is 0 Å². The number of hydrogen-bond donors (Lipinski definition) is 1. The molecule has 0 aromatic rings. The first-order valence-corrected chi connectivity index (χ1v) is 6.88. The van der Waals surface area contributed by atoms with Crippen LogP contribution in [0.1, 0.15) is 26.2 Å². The number of ether oxygens (including phenoxy) is 1. The Kier molecular flexibility index (Phi) is 4.42. The zero-order valence-electron chi connectivity index (χ0n) is 11.3. The van der Waals surface area contributed by atoms with Gasteiger partial charge in [-0.1, -0.05) is 0 Å². The summed E-state index contributed by atoms with van der Waals surface area (Å²) in [4.78, 5) is 5.18. The van der Waals surface area contributed by atoms with Crippen molar-refractivity contribution in [2.45, 2.75) is 37.8 Å². The maximum absolute atomic E-state index is 5.94. The largest absolute Gasteiger partial charge is 0.383 e. The van der Waals surface area contributed by atoms with Crippen LogP contribution >= 0.6 is 0 Å². The van der Waals surface area contributed by atoms with Crippen LogP contribution in [0.5, 0.6) is 0 Å². The van der Waals surface area contributed by atoms with Gasteiger partial charge in [0.15, 0.2) is 0 Å². The third-order valence-electron chi connectivity index (χ3n) is 4.48. The van der Waals surface area contributed by atoms with Gasteiger partial charge in [-0.15, -0.1) is 0 Å². The van der Waals surface area contributed by atoms with Crippen LogP contribution in [-0.4, -0.2) is 67.8 Å². The number of likely N-dealkylation sites (tertiary alicyclic amines) is 2. The standard InChI is InChI=1S/C13H27N3O/c1-13(10-14,11-17-2)16-8-5-12(9-16)15-6-3-4-7-15/h12H,3-11,14H2,1-2H3. The van der Waals surface area contributed by atoms with Crippen LogP contribution in [0, 0.1) is 0 Å². The summed E-state index contributed by atoms with van der Waals surface area (Å²) in [6.07, 6.45) is 4.05. The molecule has 2 aliphatic heterocycles. The minimum absolute atomic E-state index is 0.0171. The van der Waals surface area contributed by atoms with Crippen molar-refractivity contribution in [1.29, 1.82) is 0 Å². The minimum Gasteiger partial charge on any atom is -0.383 e. The second-order valence-electron chi connectivity index (χ2n) is 5.77. The molecule has 0 spiro atoms. The van der Waals surface area contributed by atoms with Gasteiger partial charge in [0.05, 0.1) is 12.1 Å². The van der Waals surface area contributed by atoms with Gasteiger partial charge in [0, 0.05) is 32.8 Å². The number of hydrogen-bond acceptors (Lipinski definition) is 4. The lowest BCUT2D eigenvalue weighted by Gasteiger charge is -2.38. The highest BCUT2D eigenvalue weighted by Gasteiger charge is 2.38. The monoisotopic (exact) mass is 241 g/mol. The van der Waals surface area contributed by atoms with E-state index in [0.29, 0.717) is 6.54 Å². The fourth-order valence-electron chi connectivity index (χ4n) is 3.23. The van der Waals surface area contributed by atoms with Gasteiger partial charge in [0.25, 0.3) is 0 Å². The highest BCUT2D eigenvalue weighted by molar-refractivity contribution is 4.95. The van der Waals surface area contributed by atoms with Crippen molar-refractivity contribution in [1.82, 2.24) is 9.80 Å². The molecule has 2 N–H and O–H groups in total. The minimum atomic E-state index is 0.0171. The highest BCUT2D eigenvalue weighted by atomic mass is 16.5. The smallest absolute Gasteiger partial charge is 0.0656 e. The Hall–Kier alpha value is -0.160. The lowest BCUT2D eigenvalue weighted by atomic mass is 10.0. The summed E-state index contributed by atoms with van der Waals surface area (Å²) < 4.78 is 5.34. The van der Waals surface area contributed by atoms with Crippen molar-refractivity contribution >= 4 is 0 Å². The Morgan fingerprint density at radius 3 is 2.59 bits per heavy atom. The predicted molar refractivity (Wildman–Crippen MR) is 70.1 cm³/mol. The van der Waals surface area contributed by atoms with Crippen molar-refractivity contribution in [3.8, 4) is 0 Å². The van der Waals surface area contributed by atoms with Gasteiger partial charge in [0.1, 0.15) is 0 Å². The van der Waals surface area contributed by atoms with Gasteiger partial charge in [-0.25, -0.2) is 0 Å². The van der Waals surface area contributed by atoms with E-state index >= 15 is 0 Å². The molecule has 0 aromatic heterocycles. The molecular weight excluding hydrogens is 214 g/mol. The average molecular weight is 241 g/mol. The van der Waals surface area contributed by atoms with E-state index in [4.69, 9.17) is 10.5 Å². The van der Waals surface area contributed by atoms with Crippen LogP contribution < -0.4 is 5.73 Å². The molecule has 2 unspecified atom stereocenters. The summed E-state index contributed by atoms with van der Waals surface area (Å²) in [6.45, 7) is 8.55. The quantitative estimate of drug-likeness (QED) is 0.762. The maximum Gasteiger partial charge on any atom is 0.0656 e. The van der Waals surface area contributed by atoms with Crippen molar-refractivity contribution in [3.63, 3.8) is 0 Å². The van der Waals surface area contributed by atoms with E-state index in [2.05, 4.69) is 16.7 Å². The molecule has 0 saturated carbocycles. The van der Waals surface area contributed by atoms with E-state index in [1.165, 1.54) is 32.4 Å². The normalized spacial score (nSPS) is 30.9. The second-order valence-corrected chi connectivity index (χ2v) is 5.77. The summed E-state index contributed by atoms with van der Waals surface area (Å²) in [5, 5.41) is 0. The van der Waals surface area contributed by atoms with E-state index in [-0.39, 0.29) is 5.54 Å². The summed E-state index contributed by atoms with van der Waals surface area (Å²) in [5.74, 6) is 0. The van der Waals surface area contributed by atoms with Crippen molar-refractivity contribution in [3.05, 3.63) is 0 Å². The first-order chi connectivity index (χ1) is 8.19. The Morgan fingerprint density at radius 1 is 1.29 bits per heavy atom. The zero-order valence-corrected chi connectivity index (χ0v) is 11.3. The predicted octanol–water partition coefficient (Wildman–Crippen LogP) is 0.520. The molecular formula is C13H27N3O. The fraction of sp³-hybridized carbons (Fsp3) is 1.00. The lowest BCUT2D eigenvalue weighted by Crippen LogP contribution is -2.54. The SMILES string of the molecule is COCC(C)(CN)N1CCC(N2CCCC2)C1. The van der Waals surface area contributed by atoms with Gasteiger partial charge in [-0.2, -0.15) is 0 Å². The summed E-state index contributed by atoms with van der Waals surface area (Å²) >= 11 is 0. The van der Waals surface area contributed by atoms with E-state index < -0.39 is 0 Å². The van der Waals surface area contributed by atoms with Gasteiger partial charge >= 0.3 is 0 Å². The molecule has 0 amide bonds. The fourth-order valence-corrected chi connectivity index (χ4v) is 3.23. The van der Waals surface area contributed by atoms with Crippen LogP contribution in [0.4, 0.5) is 0 Å². The second kappa shape index (κ2) is 5.65. The molecule has 2 rings (SSSR count). The molecule has 0 aliphatic carbocycles. The maximum atomic E-state index is 5.94. The third kappa shape index (κ3) is 2.81.